The number of hydrogen-bond acceptors (Lipinski definition) is 9. The summed E-state index contributed by atoms with van der Waals surface area (Å²) in [6.07, 6.45) is 2.14. The fourth-order valence-electron chi connectivity index (χ4n) is 10.4. The third-order valence-electron chi connectivity index (χ3n) is 13.4. The fraction of sp³-hybridized carbons (Fsp3) is 0.489. The minimum atomic E-state index is -0.727. The lowest BCUT2D eigenvalue weighted by molar-refractivity contribution is -0.164. The van der Waals surface area contributed by atoms with Crippen molar-refractivity contribution in [3.63, 3.8) is 0 Å². The van der Waals surface area contributed by atoms with Gasteiger partial charge in [-0.05, 0) is 79.3 Å². The first-order valence-corrected chi connectivity index (χ1v) is 21.0. The second-order valence-electron chi connectivity index (χ2n) is 17.9. The molecular formula is C45H51ClFN7O5. The van der Waals surface area contributed by atoms with Gasteiger partial charge in [0.15, 0.2) is 0 Å². The number of piperazine rings is 1. The summed E-state index contributed by atoms with van der Waals surface area (Å²) in [5, 5.41) is 15.2. The molecule has 1 atom stereocenters. The summed E-state index contributed by atoms with van der Waals surface area (Å²) < 4.78 is 21.8. The van der Waals surface area contributed by atoms with Crippen molar-refractivity contribution in [3.8, 4) is 11.8 Å². The fourth-order valence-corrected chi connectivity index (χ4v) is 10.6. The van der Waals surface area contributed by atoms with Crippen molar-refractivity contribution in [2.24, 2.45) is 16.7 Å². The number of nitrogens with one attached hydrogen (secondary N) is 2. The maximum Gasteiger partial charge on any atom is 0.255 e. The molecule has 4 fully saturated rings. The highest BCUT2D eigenvalue weighted by Crippen LogP contribution is 2.55. The van der Waals surface area contributed by atoms with Gasteiger partial charge in [-0.2, -0.15) is 5.26 Å². The first-order valence-electron chi connectivity index (χ1n) is 20.6. The molecule has 4 amide bonds. The van der Waals surface area contributed by atoms with E-state index in [2.05, 4.69) is 59.1 Å². The molecule has 14 heteroatoms. The Morgan fingerprint density at radius 1 is 0.932 bits per heavy atom. The highest BCUT2D eigenvalue weighted by Gasteiger charge is 2.64. The van der Waals surface area contributed by atoms with E-state index in [4.69, 9.17) is 16.3 Å². The van der Waals surface area contributed by atoms with Crippen LogP contribution in [0, 0.1) is 33.9 Å². The van der Waals surface area contributed by atoms with Crippen LogP contribution in [0.25, 0.3) is 0 Å². The number of nitrogens with zero attached hydrogens (tertiary/aromatic N) is 5. The molecule has 3 aromatic rings. The number of hydrogen-bond donors (Lipinski definition) is 2. The van der Waals surface area contributed by atoms with Crippen LogP contribution in [0.1, 0.15) is 85.2 Å². The summed E-state index contributed by atoms with van der Waals surface area (Å²) in [6.45, 7) is 14.7. The van der Waals surface area contributed by atoms with Gasteiger partial charge in [-0.25, -0.2) is 4.39 Å². The van der Waals surface area contributed by atoms with E-state index in [0.717, 1.165) is 64.3 Å². The summed E-state index contributed by atoms with van der Waals surface area (Å²) in [4.78, 5) is 59.1. The van der Waals surface area contributed by atoms with Crippen LogP contribution in [0.5, 0.6) is 5.75 Å². The molecule has 4 heterocycles. The van der Waals surface area contributed by atoms with Crippen LogP contribution < -0.4 is 25.2 Å². The zero-order valence-corrected chi connectivity index (χ0v) is 34.8. The molecule has 8 rings (SSSR count). The summed E-state index contributed by atoms with van der Waals surface area (Å²) in [5.41, 5.74) is 2.88. The number of halogens is 2. The lowest BCUT2D eigenvalue weighted by atomic mass is 9.49. The molecule has 1 unspecified atom stereocenters. The first-order chi connectivity index (χ1) is 28.1. The van der Waals surface area contributed by atoms with Gasteiger partial charge in [0.25, 0.3) is 11.8 Å². The quantitative estimate of drug-likeness (QED) is 0.258. The average molecular weight is 824 g/mol. The maximum absolute atomic E-state index is 15.4. The van der Waals surface area contributed by atoms with Crippen LogP contribution in [0.15, 0.2) is 54.6 Å². The molecule has 0 bridgehead atoms. The minimum Gasteiger partial charge on any atom is -0.489 e. The van der Waals surface area contributed by atoms with Gasteiger partial charge >= 0.3 is 0 Å². The van der Waals surface area contributed by atoms with Gasteiger partial charge in [-0.1, -0.05) is 39.3 Å². The Balaban J connectivity index is 0.791. The number of rotatable bonds is 9. The summed E-state index contributed by atoms with van der Waals surface area (Å²) in [6, 6.07) is 17.2. The van der Waals surface area contributed by atoms with E-state index in [9.17, 15) is 24.4 Å². The topological polar surface area (TPSA) is 138 Å². The van der Waals surface area contributed by atoms with Crippen LogP contribution in [0.3, 0.4) is 0 Å². The standard InChI is InChI=1S/C45H51ClFN7O5/c1-44(2)42(45(3,4)43(44)59-32-10-7-29(24-48)34(46)22-32)50-39(56)28-5-8-31(9-6-28)52-19-17-51(18-20-52)25-27-13-15-53(16-14-27)37-21-30-26-54(41(58)33(30)23-35(37)47)36-11-12-38(55)49-40(36)57/h5-10,21-23,27,36,42-43H,11-20,25-26H2,1-4H3,(H,50,56)(H,49,55,57)/t36?,42-,43-. The summed E-state index contributed by atoms with van der Waals surface area (Å²) in [7, 11) is 0. The van der Waals surface area contributed by atoms with Crippen molar-refractivity contribution < 1.29 is 28.3 Å². The Morgan fingerprint density at radius 2 is 1.63 bits per heavy atom. The second kappa shape index (κ2) is 15.8. The van der Waals surface area contributed by atoms with E-state index >= 15 is 4.39 Å². The number of benzene rings is 3. The zero-order valence-electron chi connectivity index (χ0n) is 34.0. The molecule has 310 valence electrons. The molecule has 5 aliphatic rings. The van der Waals surface area contributed by atoms with Crippen molar-refractivity contribution in [3.05, 3.63) is 87.7 Å². The van der Waals surface area contributed by atoms with Gasteiger partial charge < -0.3 is 24.8 Å². The van der Waals surface area contributed by atoms with Gasteiger partial charge in [-0.3, -0.25) is 29.4 Å². The molecule has 4 aliphatic heterocycles. The monoisotopic (exact) mass is 823 g/mol. The molecule has 3 aromatic carbocycles. The summed E-state index contributed by atoms with van der Waals surface area (Å²) in [5.74, 6) is -0.637. The number of carbonyl (C=O) groups is 4. The van der Waals surface area contributed by atoms with Gasteiger partial charge in [0.1, 0.15) is 29.8 Å². The Bertz CT molecular complexity index is 2190. The smallest absolute Gasteiger partial charge is 0.255 e. The number of piperidine rings is 2. The van der Waals surface area contributed by atoms with Crippen molar-refractivity contribution in [2.45, 2.75) is 78.1 Å². The molecular weight excluding hydrogens is 773 g/mol. The van der Waals surface area contributed by atoms with Crippen LogP contribution in [0.4, 0.5) is 15.8 Å². The van der Waals surface area contributed by atoms with Gasteiger partial charge in [0.2, 0.25) is 11.8 Å². The van der Waals surface area contributed by atoms with Crippen molar-refractivity contribution >= 4 is 46.6 Å². The number of anilines is 2. The van der Waals surface area contributed by atoms with Crippen LogP contribution in [-0.2, 0) is 16.1 Å². The maximum atomic E-state index is 15.4. The Kier molecular flexibility index (Phi) is 10.8. The van der Waals surface area contributed by atoms with Crippen molar-refractivity contribution in [1.82, 2.24) is 20.4 Å². The number of imide groups is 1. The molecule has 0 radical (unpaired) electrons. The number of fused-ring (bicyclic) bond motifs is 1. The molecule has 1 aliphatic carbocycles. The van der Waals surface area contributed by atoms with E-state index in [1.165, 1.54) is 11.0 Å². The van der Waals surface area contributed by atoms with Crippen molar-refractivity contribution in [2.75, 3.05) is 55.6 Å². The number of carbonyl (C=O) groups excluding carboxylic acids is 4. The third-order valence-corrected chi connectivity index (χ3v) is 13.7. The summed E-state index contributed by atoms with van der Waals surface area (Å²) >= 11 is 6.25. The molecule has 0 aromatic heterocycles. The Morgan fingerprint density at radius 3 is 2.27 bits per heavy atom. The minimum absolute atomic E-state index is 0.121. The number of amides is 4. The van der Waals surface area contributed by atoms with E-state index in [0.29, 0.717) is 44.6 Å². The van der Waals surface area contributed by atoms with E-state index in [1.54, 1.807) is 24.3 Å². The van der Waals surface area contributed by atoms with Crippen LogP contribution in [0.2, 0.25) is 5.02 Å². The van der Waals surface area contributed by atoms with Crippen LogP contribution >= 0.6 is 11.6 Å². The largest absolute Gasteiger partial charge is 0.489 e. The molecule has 59 heavy (non-hydrogen) atoms. The average Bonchev–Trinajstić information content (AvgIpc) is 3.53. The zero-order chi connectivity index (χ0) is 41.8. The molecule has 12 nitrogen and oxygen atoms in total. The van der Waals surface area contributed by atoms with Crippen LogP contribution in [-0.4, -0.2) is 97.4 Å². The van der Waals surface area contributed by atoms with E-state index < -0.39 is 17.8 Å². The lowest BCUT2D eigenvalue weighted by Gasteiger charge is -2.63. The first kappa shape index (κ1) is 40.6. The normalized spacial score (nSPS) is 24.3. The Labute approximate surface area is 349 Å². The Hall–Kier alpha value is -5.19. The van der Waals surface area contributed by atoms with Gasteiger partial charge in [-0.15, -0.1) is 0 Å². The molecule has 3 saturated heterocycles. The van der Waals surface area contributed by atoms with E-state index in [1.807, 2.05) is 24.3 Å². The highest BCUT2D eigenvalue weighted by atomic mass is 35.5. The molecule has 0 spiro atoms. The predicted octanol–water partition coefficient (Wildman–Crippen LogP) is 5.76. The highest BCUT2D eigenvalue weighted by molar-refractivity contribution is 6.31. The van der Waals surface area contributed by atoms with E-state index in [-0.39, 0.29) is 60.1 Å². The predicted molar refractivity (Wildman–Crippen MR) is 222 cm³/mol. The number of nitriles is 1. The number of ether oxygens (including phenoxy) is 1. The SMILES string of the molecule is CC1(C)[C@H](NC(=O)c2ccc(N3CCN(CC4CCN(c5cc6c(cc5F)C(=O)N(C5CCC(=O)NC5=O)C6)CC4)CC3)cc2)C(C)(C)[C@H]1Oc1ccc(C#N)c(Cl)c1. The lowest BCUT2D eigenvalue weighted by Crippen LogP contribution is -2.74. The van der Waals surface area contributed by atoms with Gasteiger partial charge in [0, 0.05) is 98.5 Å². The van der Waals surface area contributed by atoms with Gasteiger partial charge in [0.05, 0.1) is 16.3 Å². The van der Waals surface area contributed by atoms with Crippen molar-refractivity contribution in [1.29, 1.82) is 5.26 Å². The molecule has 1 saturated carbocycles. The molecule has 2 N–H and O–H groups in total. The second-order valence-corrected chi connectivity index (χ2v) is 18.3. The third kappa shape index (κ3) is 7.73.